The van der Waals surface area contributed by atoms with Crippen molar-refractivity contribution in [1.29, 1.82) is 0 Å². The predicted molar refractivity (Wildman–Crippen MR) is 136 cm³/mol. The van der Waals surface area contributed by atoms with Crippen LogP contribution in [0.2, 0.25) is 0 Å². The first-order valence-electron chi connectivity index (χ1n) is 11.3. The van der Waals surface area contributed by atoms with Crippen molar-refractivity contribution in [3.05, 3.63) is 52.9 Å². The quantitative estimate of drug-likeness (QED) is 0.355. The summed E-state index contributed by atoms with van der Waals surface area (Å²) in [6, 6.07) is 11.6. The van der Waals surface area contributed by atoms with Gasteiger partial charge in [0.15, 0.2) is 5.96 Å². The standard InChI is InChI=1S/C24H35N5O.HI/c1-18-22(19(2)30-27-18)11-13-26-24(25-3)29-15-12-23-21(17-29)10-7-14-28(23)16-20-8-5-4-6-9-20;/h4-6,8-9,21,23H,7,10-17H2,1-3H3,(H,25,26);1H. The molecule has 1 aromatic carbocycles. The Morgan fingerprint density at radius 3 is 2.71 bits per heavy atom. The van der Waals surface area contributed by atoms with E-state index in [0.717, 1.165) is 55.9 Å². The zero-order valence-electron chi connectivity index (χ0n) is 19.0. The first-order chi connectivity index (χ1) is 14.7. The molecule has 2 unspecified atom stereocenters. The number of halogens is 1. The molecule has 0 radical (unpaired) electrons. The lowest BCUT2D eigenvalue weighted by atomic mass is 9.83. The van der Waals surface area contributed by atoms with Crippen molar-refractivity contribution in [2.24, 2.45) is 10.9 Å². The van der Waals surface area contributed by atoms with E-state index < -0.39 is 0 Å². The second kappa shape index (κ2) is 11.3. The van der Waals surface area contributed by atoms with E-state index in [1.807, 2.05) is 20.9 Å². The molecule has 4 rings (SSSR count). The van der Waals surface area contributed by atoms with Crippen LogP contribution < -0.4 is 5.32 Å². The van der Waals surface area contributed by atoms with Crippen molar-refractivity contribution >= 4 is 29.9 Å². The van der Waals surface area contributed by atoms with Gasteiger partial charge < -0.3 is 14.7 Å². The second-order valence-electron chi connectivity index (χ2n) is 8.69. The van der Waals surface area contributed by atoms with Crippen LogP contribution in [0.4, 0.5) is 0 Å². The Morgan fingerprint density at radius 2 is 2.00 bits per heavy atom. The number of nitrogens with one attached hydrogen (secondary N) is 1. The third kappa shape index (κ3) is 5.80. The summed E-state index contributed by atoms with van der Waals surface area (Å²) in [5.74, 6) is 2.67. The average molecular weight is 537 g/mol. The van der Waals surface area contributed by atoms with Crippen molar-refractivity contribution in [3.63, 3.8) is 0 Å². The van der Waals surface area contributed by atoms with Gasteiger partial charge in [0.05, 0.1) is 5.69 Å². The number of hydrogen-bond donors (Lipinski definition) is 1. The first kappa shape index (κ1) is 24.0. The highest BCUT2D eigenvalue weighted by atomic mass is 127. The molecule has 3 heterocycles. The van der Waals surface area contributed by atoms with Gasteiger partial charge in [-0.3, -0.25) is 9.89 Å². The van der Waals surface area contributed by atoms with Gasteiger partial charge in [-0.1, -0.05) is 35.5 Å². The van der Waals surface area contributed by atoms with Crippen LogP contribution in [0.15, 0.2) is 39.8 Å². The van der Waals surface area contributed by atoms with Crippen LogP contribution in [0.1, 0.15) is 41.8 Å². The summed E-state index contributed by atoms with van der Waals surface area (Å²) in [5.41, 5.74) is 3.63. The smallest absolute Gasteiger partial charge is 0.193 e. The average Bonchev–Trinajstić information content (AvgIpc) is 3.09. The van der Waals surface area contributed by atoms with Crippen LogP contribution in [0.25, 0.3) is 0 Å². The molecule has 0 saturated carbocycles. The van der Waals surface area contributed by atoms with E-state index in [1.165, 1.54) is 36.9 Å². The number of nitrogens with zero attached hydrogens (tertiary/aromatic N) is 4. The van der Waals surface area contributed by atoms with Gasteiger partial charge in [0.2, 0.25) is 0 Å². The topological polar surface area (TPSA) is 56.9 Å². The van der Waals surface area contributed by atoms with Crippen molar-refractivity contribution in [2.45, 2.75) is 52.1 Å². The van der Waals surface area contributed by atoms with Crippen LogP contribution in [0, 0.1) is 19.8 Å². The van der Waals surface area contributed by atoms with E-state index in [2.05, 4.69) is 55.6 Å². The fraction of sp³-hybridized carbons (Fsp3) is 0.583. The van der Waals surface area contributed by atoms with Gasteiger partial charge in [0.1, 0.15) is 5.76 Å². The molecule has 0 aliphatic carbocycles. The molecule has 1 aromatic heterocycles. The summed E-state index contributed by atoms with van der Waals surface area (Å²) in [7, 11) is 1.90. The molecule has 1 N–H and O–H groups in total. The molecule has 2 aliphatic heterocycles. The maximum atomic E-state index is 5.28. The normalized spacial score (nSPS) is 22.0. The third-order valence-electron chi connectivity index (χ3n) is 6.76. The summed E-state index contributed by atoms with van der Waals surface area (Å²) in [6.45, 7) is 9.31. The number of fused-ring (bicyclic) bond motifs is 1. The van der Waals surface area contributed by atoms with E-state index in [4.69, 9.17) is 4.52 Å². The molecule has 0 spiro atoms. The molecular weight excluding hydrogens is 501 g/mol. The Kier molecular flexibility index (Phi) is 8.77. The molecular formula is C24H36IN5O. The van der Waals surface area contributed by atoms with E-state index >= 15 is 0 Å². The lowest BCUT2D eigenvalue weighted by molar-refractivity contribution is 0.0373. The van der Waals surface area contributed by atoms with E-state index in [-0.39, 0.29) is 24.0 Å². The van der Waals surface area contributed by atoms with Gasteiger partial charge in [-0.05, 0) is 57.6 Å². The number of guanidine groups is 1. The van der Waals surface area contributed by atoms with E-state index in [1.54, 1.807) is 0 Å². The maximum Gasteiger partial charge on any atom is 0.193 e. The van der Waals surface area contributed by atoms with Gasteiger partial charge in [-0.2, -0.15) is 0 Å². The molecule has 2 fully saturated rings. The maximum absolute atomic E-state index is 5.28. The highest BCUT2D eigenvalue weighted by Gasteiger charge is 2.36. The molecule has 170 valence electrons. The SMILES string of the molecule is CN=C(NCCc1c(C)noc1C)N1CCC2C(CCCN2Cc2ccccc2)C1.I. The summed E-state index contributed by atoms with van der Waals surface area (Å²) in [4.78, 5) is 9.75. The summed E-state index contributed by atoms with van der Waals surface area (Å²) in [5, 5.41) is 7.63. The Labute approximate surface area is 203 Å². The predicted octanol–water partition coefficient (Wildman–Crippen LogP) is 4.01. The number of benzene rings is 1. The molecule has 2 aliphatic rings. The molecule has 7 heteroatoms. The van der Waals surface area contributed by atoms with Crippen molar-refractivity contribution in [1.82, 2.24) is 20.3 Å². The fourth-order valence-corrected chi connectivity index (χ4v) is 5.20. The van der Waals surface area contributed by atoms with Gasteiger partial charge in [-0.25, -0.2) is 0 Å². The number of likely N-dealkylation sites (tertiary alicyclic amines) is 2. The number of rotatable bonds is 5. The van der Waals surface area contributed by atoms with Gasteiger partial charge in [0.25, 0.3) is 0 Å². The summed E-state index contributed by atoms with van der Waals surface area (Å²) < 4.78 is 5.28. The van der Waals surface area contributed by atoms with Gasteiger partial charge in [0, 0.05) is 44.8 Å². The Hall–Kier alpha value is -1.61. The van der Waals surface area contributed by atoms with Gasteiger partial charge in [-0.15, -0.1) is 24.0 Å². The largest absolute Gasteiger partial charge is 0.361 e. The number of aromatic nitrogens is 1. The lowest BCUT2D eigenvalue weighted by Crippen LogP contribution is -2.56. The fourth-order valence-electron chi connectivity index (χ4n) is 5.20. The molecule has 6 nitrogen and oxygen atoms in total. The second-order valence-corrected chi connectivity index (χ2v) is 8.69. The summed E-state index contributed by atoms with van der Waals surface area (Å²) >= 11 is 0. The van der Waals surface area contributed by atoms with Crippen LogP contribution >= 0.6 is 24.0 Å². The number of piperidine rings is 2. The van der Waals surface area contributed by atoms with Crippen LogP contribution in [0.5, 0.6) is 0 Å². The number of aryl methyl sites for hydroxylation is 2. The molecule has 2 aromatic rings. The molecule has 2 atom stereocenters. The monoisotopic (exact) mass is 537 g/mol. The molecule has 0 amide bonds. The highest BCUT2D eigenvalue weighted by molar-refractivity contribution is 14.0. The summed E-state index contributed by atoms with van der Waals surface area (Å²) in [6.07, 6.45) is 4.73. The molecule has 2 saturated heterocycles. The zero-order valence-corrected chi connectivity index (χ0v) is 21.3. The minimum Gasteiger partial charge on any atom is -0.361 e. The Morgan fingerprint density at radius 1 is 1.19 bits per heavy atom. The highest BCUT2D eigenvalue weighted by Crippen LogP contribution is 2.31. The van der Waals surface area contributed by atoms with Crippen molar-refractivity contribution < 1.29 is 4.52 Å². The number of hydrogen-bond acceptors (Lipinski definition) is 4. The van der Waals surface area contributed by atoms with E-state index in [9.17, 15) is 0 Å². The zero-order chi connectivity index (χ0) is 20.9. The Bertz CT molecular complexity index is 833. The lowest BCUT2D eigenvalue weighted by Gasteiger charge is -2.48. The minimum absolute atomic E-state index is 0. The molecule has 0 bridgehead atoms. The third-order valence-corrected chi connectivity index (χ3v) is 6.76. The first-order valence-corrected chi connectivity index (χ1v) is 11.3. The minimum atomic E-state index is 0. The number of aliphatic imine (C=N–C) groups is 1. The van der Waals surface area contributed by atoms with Crippen LogP contribution in [0.3, 0.4) is 0 Å². The van der Waals surface area contributed by atoms with Crippen molar-refractivity contribution in [3.8, 4) is 0 Å². The van der Waals surface area contributed by atoms with E-state index in [0.29, 0.717) is 6.04 Å². The van der Waals surface area contributed by atoms with Crippen LogP contribution in [-0.2, 0) is 13.0 Å². The van der Waals surface area contributed by atoms with Crippen LogP contribution in [-0.4, -0.2) is 60.2 Å². The van der Waals surface area contributed by atoms with Crippen molar-refractivity contribution in [2.75, 3.05) is 33.2 Å². The van der Waals surface area contributed by atoms with Gasteiger partial charge >= 0.3 is 0 Å². The Balaban J connectivity index is 0.00000272. The molecule has 31 heavy (non-hydrogen) atoms.